The van der Waals surface area contributed by atoms with Gasteiger partial charge in [-0.05, 0) is 12.8 Å². The van der Waals surface area contributed by atoms with Gasteiger partial charge in [-0.2, -0.15) is 0 Å². The number of amides is 1. The van der Waals surface area contributed by atoms with Gasteiger partial charge in [0.1, 0.15) is 0 Å². The van der Waals surface area contributed by atoms with E-state index >= 15 is 0 Å². The molecule has 0 aliphatic carbocycles. The largest absolute Gasteiger partial charge is 0.376 e. The van der Waals surface area contributed by atoms with Gasteiger partial charge in [0.2, 0.25) is 5.91 Å². The lowest BCUT2D eigenvalue weighted by molar-refractivity contribution is -0.118. The molecule has 4 nitrogen and oxygen atoms in total. The van der Waals surface area contributed by atoms with E-state index in [0.717, 1.165) is 35.8 Å². The molecule has 1 aromatic heterocycles. The van der Waals surface area contributed by atoms with E-state index < -0.39 is 0 Å². The number of hydrogen-bond donors (Lipinski definition) is 0. The number of thiazole rings is 1. The Balaban J connectivity index is 1.81. The maximum absolute atomic E-state index is 12.3. The Hall–Kier alpha value is -1.72. The molecule has 1 aliphatic heterocycles. The summed E-state index contributed by atoms with van der Waals surface area (Å²) in [5.74, 6) is 0.101. The molecule has 0 bridgehead atoms. The molecule has 1 aromatic carbocycles. The van der Waals surface area contributed by atoms with E-state index in [1.807, 2.05) is 42.6 Å². The Morgan fingerprint density at radius 1 is 1.41 bits per heavy atom. The molecule has 1 fully saturated rings. The maximum atomic E-state index is 12.3. The van der Waals surface area contributed by atoms with Crippen molar-refractivity contribution < 1.29 is 9.53 Å². The van der Waals surface area contributed by atoms with E-state index in [-0.39, 0.29) is 12.0 Å². The second-order valence-electron chi connectivity index (χ2n) is 5.37. The van der Waals surface area contributed by atoms with Crippen molar-refractivity contribution >= 4 is 22.4 Å². The molecular formula is C17H20N2O2S. The van der Waals surface area contributed by atoms with Crippen LogP contribution in [0.1, 0.15) is 26.2 Å². The van der Waals surface area contributed by atoms with Crippen LogP contribution in [-0.4, -0.2) is 30.1 Å². The molecule has 1 atom stereocenters. The number of aromatic nitrogens is 1. The van der Waals surface area contributed by atoms with Gasteiger partial charge in [0, 0.05) is 24.0 Å². The van der Waals surface area contributed by atoms with E-state index in [1.165, 1.54) is 11.3 Å². The minimum atomic E-state index is 0.101. The molecule has 22 heavy (non-hydrogen) atoms. The highest BCUT2D eigenvalue weighted by atomic mass is 32.1. The lowest BCUT2D eigenvalue weighted by Gasteiger charge is -2.22. The molecule has 5 heteroatoms. The van der Waals surface area contributed by atoms with Gasteiger partial charge in [0.25, 0.3) is 0 Å². The zero-order valence-corrected chi connectivity index (χ0v) is 13.5. The molecule has 0 spiro atoms. The van der Waals surface area contributed by atoms with Crippen LogP contribution in [0.2, 0.25) is 0 Å². The van der Waals surface area contributed by atoms with Crippen LogP contribution in [0.15, 0.2) is 35.7 Å². The van der Waals surface area contributed by atoms with Crippen LogP contribution in [0.4, 0.5) is 5.13 Å². The molecule has 1 unspecified atom stereocenters. The first-order valence-electron chi connectivity index (χ1n) is 7.71. The summed E-state index contributed by atoms with van der Waals surface area (Å²) in [6, 6.07) is 10.0. The van der Waals surface area contributed by atoms with Gasteiger partial charge in [-0.15, -0.1) is 11.3 Å². The van der Waals surface area contributed by atoms with E-state index in [4.69, 9.17) is 4.74 Å². The van der Waals surface area contributed by atoms with Gasteiger partial charge in [0.05, 0.1) is 18.3 Å². The fourth-order valence-corrected chi connectivity index (χ4v) is 3.46. The van der Waals surface area contributed by atoms with Crippen molar-refractivity contribution in [2.75, 3.05) is 18.1 Å². The Morgan fingerprint density at radius 3 is 2.91 bits per heavy atom. The predicted octanol–water partition coefficient (Wildman–Crippen LogP) is 3.73. The molecule has 1 aliphatic rings. The summed E-state index contributed by atoms with van der Waals surface area (Å²) in [5, 5.41) is 2.78. The number of ether oxygens (including phenoxy) is 1. The highest BCUT2D eigenvalue weighted by Gasteiger charge is 2.25. The molecule has 3 rings (SSSR count). The lowest BCUT2D eigenvalue weighted by atomic mass is 10.2. The maximum Gasteiger partial charge on any atom is 0.228 e. The first-order chi connectivity index (χ1) is 10.8. The van der Waals surface area contributed by atoms with Gasteiger partial charge in [-0.3, -0.25) is 9.69 Å². The van der Waals surface area contributed by atoms with Crippen molar-refractivity contribution in [2.24, 2.45) is 0 Å². The molecule has 1 amide bonds. The van der Waals surface area contributed by atoms with E-state index in [9.17, 15) is 4.79 Å². The summed E-state index contributed by atoms with van der Waals surface area (Å²) in [5.41, 5.74) is 1.99. The van der Waals surface area contributed by atoms with Crippen molar-refractivity contribution in [3.05, 3.63) is 35.7 Å². The normalized spacial score (nSPS) is 17.6. The van der Waals surface area contributed by atoms with Gasteiger partial charge >= 0.3 is 0 Å². The quantitative estimate of drug-likeness (QED) is 0.844. The zero-order valence-electron chi connectivity index (χ0n) is 12.7. The van der Waals surface area contributed by atoms with Crippen molar-refractivity contribution in [2.45, 2.75) is 32.3 Å². The van der Waals surface area contributed by atoms with E-state index in [0.29, 0.717) is 13.0 Å². The summed E-state index contributed by atoms with van der Waals surface area (Å²) in [6.07, 6.45) is 2.71. The molecule has 0 saturated carbocycles. The van der Waals surface area contributed by atoms with Crippen LogP contribution < -0.4 is 4.90 Å². The first kappa shape index (κ1) is 15.2. The van der Waals surface area contributed by atoms with Crippen molar-refractivity contribution in [3.8, 4) is 11.3 Å². The van der Waals surface area contributed by atoms with Crippen LogP contribution in [0.3, 0.4) is 0 Å². The molecule has 0 radical (unpaired) electrons. The minimum absolute atomic E-state index is 0.101. The summed E-state index contributed by atoms with van der Waals surface area (Å²) in [4.78, 5) is 18.7. The minimum Gasteiger partial charge on any atom is -0.376 e. The van der Waals surface area contributed by atoms with Gasteiger partial charge in [-0.25, -0.2) is 4.98 Å². The van der Waals surface area contributed by atoms with Gasteiger partial charge < -0.3 is 4.74 Å². The molecule has 116 valence electrons. The number of benzene rings is 1. The fraction of sp³-hybridized carbons (Fsp3) is 0.412. The van der Waals surface area contributed by atoms with Gasteiger partial charge in [-0.1, -0.05) is 37.3 Å². The summed E-state index contributed by atoms with van der Waals surface area (Å²) < 4.78 is 5.67. The van der Waals surface area contributed by atoms with Crippen LogP contribution in [0.25, 0.3) is 11.3 Å². The molecular weight excluding hydrogens is 296 g/mol. The summed E-state index contributed by atoms with van der Waals surface area (Å²) in [7, 11) is 0. The van der Waals surface area contributed by atoms with Crippen molar-refractivity contribution in [1.29, 1.82) is 0 Å². The highest BCUT2D eigenvalue weighted by molar-refractivity contribution is 7.14. The topological polar surface area (TPSA) is 42.4 Å². The Kier molecular flexibility index (Phi) is 4.85. The Labute approximate surface area is 134 Å². The zero-order chi connectivity index (χ0) is 15.4. The Bertz CT molecular complexity index is 621. The number of nitrogens with zero attached hydrogens (tertiary/aromatic N) is 2. The van der Waals surface area contributed by atoms with Crippen LogP contribution >= 0.6 is 11.3 Å². The average molecular weight is 316 g/mol. The third kappa shape index (κ3) is 3.36. The monoisotopic (exact) mass is 316 g/mol. The highest BCUT2D eigenvalue weighted by Crippen LogP contribution is 2.28. The number of rotatable bonds is 5. The number of hydrogen-bond acceptors (Lipinski definition) is 4. The second kappa shape index (κ2) is 7.03. The number of anilines is 1. The lowest BCUT2D eigenvalue weighted by Crippen LogP contribution is -2.37. The number of carbonyl (C=O) groups is 1. The first-order valence-corrected chi connectivity index (χ1v) is 8.59. The van der Waals surface area contributed by atoms with Crippen LogP contribution in [0, 0.1) is 0 Å². The third-order valence-corrected chi connectivity index (χ3v) is 4.67. The van der Waals surface area contributed by atoms with Crippen molar-refractivity contribution in [3.63, 3.8) is 0 Å². The summed E-state index contributed by atoms with van der Waals surface area (Å²) >= 11 is 1.52. The summed E-state index contributed by atoms with van der Waals surface area (Å²) in [6.45, 7) is 3.29. The van der Waals surface area contributed by atoms with Crippen LogP contribution in [-0.2, 0) is 9.53 Å². The van der Waals surface area contributed by atoms with E-state index in [1.54, 1.807) is 4.90 Å². The molecule has 1 saturated heterocycles. The van der Waals surface area contributed by atoms with E-state index in [2.05, 4.69) is 4.98 Å². The SMILES string of the molecule is CCC(=O)N(CC1CCCO1)c1nc(-c2ccccc2)cs1. The molecule has 2 heterocycles. The average Bonchev–Trinajstić information content (AvgIpc) is 3.24. The Morgan fingerprint density at radius 2 is 2.23 bits per heavy atom. The van der Waals surface area contributed by atoms with Crippen LogP contribution in [0.5, 0.6) is 0 Å². The predicted molar refractivity (Wildman–Crippen MR) is 89.2 cm³/mol. The smallest absolute Gasteiger partial charge is 0.228 e. The third-order valence-electron chi connectivity index (χ3n) is 3.81. The fourth-order valence-electron chi connectivity index (χ4n) is 2.60. The molecule has 0 N–H and O–H groups in total. The van der Waals surface area contributed by atoms with Gasteiger partial charge in [0.15, 0.2) is 5.13 Å². The number of carbonyl (C=O) groups excluding carboxylic acids is 1. The van der Waals surface area contributed by atoms with Crippen molar-refractivity contribution in [1.82, 2.24) is 4.98 Å². The molecule has 2 aromatic rings. The standard InChI is InChI=1S/C17H20N2O2S/c1-2-16(20)19(11-14-9-6-10-21-14)17-18-15(12-22-17)13-7-4-3-5-8-13/h3-5,7-8,12,14H,2,6,9-11H2,1H3. The second-order valence-corrected chi connectivity index (χ2v) is 6.21.